The van der Waals surface area contributed by atoms with Gasteiger partial charge in [0.2, 0.25) is 5.91 Å². The number of aryl methyl sites for hydroxylation is 1. The van der Waals surface area contributed by atoms with Crippen LogP contribution < -0.4 is 10.2 Å². The average molecular weight is 509 g/mol. The highest BCUT2D eigenvalue weighted by molar-refractivity contribution is 5.79. The van der Waals surface area contributed by atoms with Gasteiger partial charge in [-0.3, -0.25) is 9.48 Å². The second-order valence-corrected chi connectivity index (χ2v) is 9.75. The van der Waals surface area contributed by atoms with Crippen molar-refractivity contribution in [1.82, 2.24) is 25.0 Å². The van der Waals surface area contributed by atoms with Gasteiger partial charge in [0.15, 0.2) is 0 Å². The quantitative estimate of drug-likeness (QED) is 0.592. The first-order valence-corrected chi connectivity index (χ1v) is 13.0. The van der Waals surface area contributed by atoms with Crippen molar-refractivity contribution in [2.75, 3.05) is 31.1 Å². The number of rotatable bonds is 7. The van der Waals surface area contributed by atoms with Gasteiger partial charge >= 0.3 is 6.18 Å². The van der Waals surface area contributed by atoms with Gasteiger partial charge in [0, 0.05) is 69.3 Å². The van der Waals surface area contributed by atoms with Crippen LogP contribution in [0.2, 0.25) is 0 Å². The Balaban J connectivity index is 0.00000115. The van der Waals surface area contributed by atoms with Crippen molar-refractivity contribution >= 4 is 11.7 Å². The first-order chi connectivity index (χ1) is 17.2. The summed E-state index contributed by atoms with van der Waals surface area (Å²) in [5.74, 6) is 0.491. The molecule has 0 radical (unpaired) electrons. The van der Waals surface area contributed by atoms with E-state index in [2.05, 4.69) is 36.2 Å². The lowest BCUT2D eigenvalue weighted by Crippen LogP contribution is -2.50. The Morgan fingerprint density at radius 2 is 1.89 bits per heavy atom. The third kappa shape index (κ3) is 7.94. The molecule has 36 heavy (non-hydrogen) atoms. The fraction of sp³-hybridized carbons (Fsp3) is 0.654. The molecule has 3 atom stereocenters. The van der Waals surface area contributed by atoms with E-state index in [1.54, 1.807) is 6.20 Å². The fourth-order valence-electron chi connectivity index (χ4n) is 4.78. The number of nitrogens with zero attached hydrogens (tertiary/aromatic N) is 5. The van der Waals surface area contributed by atoms with Gasteiger partial charge in [0.1, 0.15) is 5.82 Å². The van der Waals surface area contributed by atoms with Crippen LogP contribution >= 0.6 is 0 Å². The average Bonchev–Trinajstić information content (AvgIpc) is 3.55. The number of alkyl halides is 3. The van der Waals surface area contributed by atoms with Crippen LogP contribution in [-0.4, -0.2) is 63.8 Å². The zero-order valence-electron chi connectivity index (χ0n) is 21.5. The molecule has 1 saturated heterocycles. The largest absolute Gasteiger partial charge is 0.416 e. The van der Waals surface area contributed by atoms with Crippen LogP contribution in [0.3, 0.4) is 0 Å². The summed E-state index contributed by atoms with van der Waals surface area (Å²) >= 11 is 0. The maximum Gasteiger partial charge on any atom is 0.416 e. The molecule has 7 nitrogen and oxygen atoms in total. The van der Waals surface area contributed by atoms with E-state index in [1.807, 2.05) is 26.7 Å². The second-order valence-electron chi connectivity index (χ2n) is 9.75. The highest BCUT2D eigenvalue weighted by Gasteiger charge is 2.35. The molecule has 1 saturated carbocycles. The topological polar surface area (TPSA) is 66.3 Å². The molecule has 10 heteroatoms. The number of aromatic nitrogens is 3. The highest BCUT2D eigenvalue weighted by Crippen LogP contribution is 2.31. The Morgan fingerprint density at radius 3 is 2.53 bits per heavy atom. The lowest BCUT2D eigenvalue weighted by Gasteiger charge is -2.36. The van der Waals surface area contributed by atoms with E-state index < -0.39 is 11.7 Å². The number of carbonyl (C=O) groups excluding carboxylic acids is 1. The highest BCUT2D eigenvalue weighted by atomic mass is 19.4. The van der Waals surface area contributed by atoms with E-state index in [-0.39, 0.29) is 11.8 Å². The minimum Gasteiger partial charge on any atom is -0.353 e. The number of carbonyl (C=O) groups is 1. The fourth-order valence-corrected chi connectivity index (χ4v) is 4.78. The van der Waals surface area contributed by atoms with Crippen molar-refractivity contribution < 1.29 is 18.0 Å². The molecule has 2 aliphatic rings. The normalized spacial score (nSPS) is 21.2. The van der Waals surface area contributed by atoms with Crippen LogP contribution in [0.5, 0.6) is 0 Å². The van der Waals surface area contributed by atoms with Crippen LogP contribution in [0, 0.1) is 5.92 Å². The van der Waals surface area contributed by atoms with E-state index >= 15 is 0 Å². The van der Waals surface area contributed by atoms with E-state index in [9.17, 15) is 18.0 Å². The number of amides is 1. The molecular weight excluding hydrogens is 469 g/mol. The van der Waals surface area contributed by atoms with Gasteiger partial charge in [0.25, 0.3) is 0 Å². The first kappa shape index (κ1) is 28.0. The van der Waals surface area contributed by atoms with Crippen LogP contribution in [0.4, 0.5) is 19.0 Å². The number of pyridine rings is 1. The van der Waals surface area contributed by atoms with Gasteiger partial charge in [-0.05, 0) is 50.8 Å². The van der Waals surface area contributed by atoms with Crippen molar-refractivity contribution in [2.45, 2.75) is 77.7 Å². The molecule has 200 valence electrons. The second kappa shape index (κ2) is 13.1. The van der Waals surface area contributed by atoms with E-state index in [1.165, 1.54) is 12.6 Å². The summed E-state index contributed by atoms with van der Waals surface area (Å²) in [6.45, 7) is 9.26. The number of piperazine rings is 1. The minimum atomic E-state index is -4.39. The number of halogens is 3. The zero-order chi connectivity index (χ0) is 26.1. The molecule has 1 aliphatic heterocycles. The molecule has 0 bridgehead atoms. The summed E-state index contributed by atoms with van der Waals surface area (Å²) in [4.78, 5) is 20.8. The maximum absolute atomic E-state index is 13.0. The van der Waals surface area contributed by atoms with Gasteiger partial charge in [-0.2, -0.15) is 18.3 Å². The van der Waals surface area contributed by atoms with Gasteiger partial charge < -0.3 is 15.1 Å². The SMILES string of the molecule is CC(CCn1cccn1)NC1CCC(C(=O)N2CCN(c3cc(C(F)(F)F)ccn3)CC2)C1.CCC. The van der Waals surface area contributed by atoms with Crippen molar-refractivity contribution in [2.24, 2.45) is 5.92 Å². The van der Waals surface area contributed by atoms with Crippen molar-refractivity contribution in [3.63, 3.8) is 0 Å². The van der Waals surface area contributed by atoms with Crippen molar-refractivity contribution in [3.05, 3.63) is 42.4 Å². The Morgan fingerprint density at radius 1 is 1.17 bits per heavy atom. The van der Waals surface area contributed by atoms with Crippen molar-refractivity contribution in [3.8, 4) is 0 Å². The molecule has 2 fully saturated rings. The van der Waals surface area contributed by atoms with Gasteiger partial charge in [-0.15, -0.1) is 0 Å². The summed E-state index contributed by atoms with van der Waals surface area (Å²) < 4.78 is 40.9. The molecule has 0 spiro atoms. The monoisotopic (exact) mass is 508 g/mol. The summed E-state index contributed by atoms with van der Waals surface area (Å²) in [7, 11) is 0. The Kier molecular flexibility index (Phi) is 10.2. The molecule has 3 unspecified atom stereocenters. The van der Waals surface area contributed by atoms with E-state index in [0.29, 0.717) is 44.1 Å². The first-order valence-electron chi connectivity index (χ1n) is 13.0. The standard InChI is InChI=1S/C23H31F3N6O.C3H8/c1-17(6-10-32-9-2-7-28-32)29-20-4-3-18(15-20)22(33)31-13-11-30(12-14-31)21-16-19(5-8-27-21)23(24,25)26;1-3-2/h2,5,7-9,16-18,20,29H,3-4,6,10-15H2,1H3;3H2,1-2H3. The number of nitrogens with one attached hydrogen (secondary N) is 1. The molecule has 2 aromatic heterocycles. The molecular formula is C26H39F3N6O. The van der Waals surface area contributed by atoms with Crippen molar-refractivity contribution in [1.29, 1.82) is 0 Å². The minimum absolute atomic E-state index is 0.0130. The van der Waals surface area contributed by atoms with Gasteiger partial charge in [-0.1, -0.05) is 20.3 Å². The summed E-state index contributed by atoms with van der Waals surface area (Å²) in [5.41, 5.74) is -0.700. The molecule has 1 amide bonds. The Labute approximate surface area is 212 Å². The molecule has 1 N–H and O–H groups in total. The third-order valence-corrected chi connectivity index (χ3v) is 6.64. The number of hydrogen-bond donors (Lipinski definition) is 1. The van der Waals surface area contributed by atoms with Gasteiger partial charge in [-0.25, -0.2) is 4.98 Å². The maximum atomic E-state index is 13.0. The van der Waals surface area contributed by atoms with Crippen LogP contribution in [0.15, 0.2) is 36.8 Å². The lowest BCUT2D eigenvalue weighted by molar-refractivity contribution is -0.137. The smallest absolute Gasteiger partial charge is 0.353 e. The predicted octanol–water partition coefficient (Wildman–Crippen LogP) is 4.60. The number of hydrogen-bond acceptors (Lipinski definition) is 5. The van der Waals surface area contributed by atoms with Crippen LogP contribution in [-0.2, 0) is 17.5 Å². The summed E-state index contributed by atoms with van der Waals surface area (Å²) in [5, 5.41) is 7.88. The van der Waals surface area contributed by atoms with Crippen LogP contribution in [0.25, 0.3) is 0 Å². The molecule has 4 rings (SSSR count). The summed E-state index contributed by atoms with van der Waals surface area (Å²) in [6.07, 6.45) is 5.45. The molecule has 0 aromatic carbocycles. The predicted molar refractivity (Wildman–Crippen MR) is 135 cm³/mol. The number of anilines is 1. The third-order valence-electron chi connectivity index (χ3n) is 6.64. The molecule has 2 aromatic rings. The van der Waals surface area contributed by atoms with E-state index in [0.717, 1.165) is 44.4 Å². The van der Waals surface area contributed by atoms with E-state index in [4.69, 9.17) is 0 Å². The van der Waals surface area contributed by atoms with Gasteiger partial charge in [0.05, 0.1) is 5.56 Å². The zero-order valence-corrected chi connectivity index (χ0v) is 21.5. The summed E-state index contributed by atoms with van der Waals surface area (Å²) in [6, 6.07) is 4.66. The Bertz CT molecular complexity index is 928. The lowest BCUT2D eigenvalue weighted by atomic mass is 10.1. The Hall–Kier alpha value is -2.62. The van der Waals surface area contributed by atoms with Crippen LogP contribution in [0.1, 0.15) is 58.4 Å². The molecule has 3 heterocycles. The molecule has 1 aliphatic carbocycles.